The molecule has 7 heteroatoms. The van der Waals surface area contributed by atoms with Gasteiger partial charge in [-0.3, -0.25) is 19.4 Å². The van der Waals surface area contributed by atoms with Crippen LogP contribution in [0.5, 0.6) is 0 Å². The molecule has 2 aromatic heterocycles. The third kappa shape index (κ3) is 2.86. The second-order valence-corrected chi connectivity index (χ2v) is 9.93. The Morgan fingerprint density at radius 2 is 1.90 bits per heavy atom. The van der Waals surface area contributed by atoms with Crippen molar-refractivity contribution in [3.05, 3.63) is 47.4 Å². The van der Waals surface area contributed by atoms with E-state index in [2.05, 4.69) is 43.0 Å². The van der Waals surface area contributed by atoms with Crippen molar-refractivity contribution in [2.24, 2.45) is 10.8 Å². The van der Waals surface area contributed by atoms with Gasteiger partial charge in [0.05, 0.1) is 17.9 Å². The standard InChI is InChI=1S/C24H29N5O2/c1-15(2)29-20-18(14-26-29)12-24(23(3,4)21(20)30)7-9-28(10-8-24)22(31)16-5-6-19-17(11-16)13-25-27-19/h5-6,11,13-15H,7-10,12H2,1-4H3,(H,25,27). The third-order valence-electron chi connectivity index (χ3n) is 7.69. The average Bonchev–Trinajstić information content (AvgIpc) is 3.38. The molecule has 1 saturated heterocycles. The molecule has 2 aliphatic rings. The SMILES string of the molecule is CC(C)n1ncc2c1C(=O)C(C)(C)C1(CCN(C(=O)c3ccc4[nH]ncc4c3)CC1)C2. The van der Waals surface area contributed by atoms with Gasteiger partial charge in [-0.05, 0) is 56.7 Å². The predicted molar refractivity (Wildman–Crippen MR) is 118 cm³/mol. The first-order chi connectivity index (χ1) is 14.7. The predicted octanol–water partition coefficient (Wildman–Crippen LogP) is 4.03. The van der Waals surface area contributed by atoms with E-state index in [1.54, 1.807) is 6.20 Å². The van der Waals surface area contributed by atoms with Gasteiger partial charge in [-0.25, -0.2) is 0 Å². The molecule has 1 spiro atoms. The molecule has 0 bridgehead atoms. The van der Waals surface area contributed by atoms with Gasteiger partial charge in [0.2, 0.25) is 0 Å². The quantitative estimate of drug-likeness (QED) is 0.680. The van der Waals surface area contributed by atoms with Crippen molar-refractivity contribution in [3.8, 4) is 0 Å². The number of aromatic amines is 1. The van der Waals surface area contributed by atoms with Gasteiger partial charge >= 0.3 is 0 Å². The van der Waals surface area contributed by atoms with Crippen LogP contribution in [0.3, 0.4) is 0 Å². The molecule has 1 amide bonds. The van der Waals surface area contributed by atoms with Gasteiger partial charge in [-0.2, -0.15) is 10.2 Å². The molecule has 7 nitrogen and oxygen atoms in total. The second-order valence-electron chi connectivity index (χ2n) is 9.93. The summed E-state index contributed by atoms with van der Waals surface area (Å²) >= 11 is 0. The van der Waals surface area contributed by atoms with Crippen LogP contribution in [0.1, 0.15) is 73.0 Å². The van der Waals surface area contributed by atoms with Gasteiger partial charge in [0.15, 0.2) is 5.78 Å². The summed E-state index contributed by atoms with van der Waals surface area (Å²) in [5.74, 6) is 0.233. The number of carbonyl (C=O) groups is 2. The normalized spacial score (nSPS) is 19.9. The summed E-state index contributed by atoms with van der Waals surface area (Å²) in [6.45, 7) is 9.60. The zero-order valence-corrected chi connectivity index (χ0v) is 18.6. The van der Waals surface area contributed by atoms with Crippen molar-refractivity contribution >= 4 is 22.6 Å². The van der Waals surface area contributed by atoms with Crippen LogP contribution in [-0.2, 0) is 6.42 Å². The minimum absolute atomic E-state index is 0.0474. The lowest BCUT2D eigenvalue weighted by molar-refractivity contribution is -0.000860. The number of rotatable bonds is 2. The van der Waals surface area contributed by atoms with E-state index in [1.165, 1.54) is 0 Å². The van der Waals surface area contributed by atoms with Crippen LogP contribution in [0.2, 0.25) is 0 Å². The first-order valence-electron chi connectivity index (χ1n) is 11.1. The Morgan fingerprint density at radius 3 is 2.61 bits per heavy atom. The number of nitrogens with zero attached hydrogens (tertiary/aromatic N) is 4. The van der Waals surface area contributed by atoms with E-state index in [9.17, 15) is 9.59 Å². The molecule has 1 aliphatic heterocycles. The zero-order valence-electron chi connectivity index (χ0n) is 18.6. The number of H-pyrrole nitrogens is 1. The lowest BCUT2D eigenvalue weighted by Crippen LogP contribution is -2.55. The monoisotopic (exact) mass is 419 g/mol. The van der Waals surface area contributed by atoms with E-state index in [4.69, 9.17) is 0 Å². The summed E-state index contributed by atoms with van der Waals surface area (Å²) in [4.78, 5) is 28.7. The Hall–Kier alpha value is -2.96. The number of amides is 1. The van der Waals surface area contributed by atoms with Crippen LogP contribution in [0.25, 0.3) is 10.9 Å². The van der Waals surface area contributed by atoms with E-state index in [-0.39, 0.29) is 23.1 Å². The molecule has 1 N–H and O–H groups in total. The summed E-state index contributed by atoms with van der Waals surface area (Å²) < 4.78 is 1.87. The van der Waals surface area contributed by atoms with Crippen molar-refractivity contribution in [2.75, 3.05) is 13.1 Å². The molecular formula is C24H29N5O2. The number of hydrogen-bond donors (Lipinski definition) is 1. The molecule has 1 aliphatic carbocycles. The van der Waals surface area contributed by atoms with Gasteiger partial charge in [-0.15, -0.1) is 0 Å². The van der Waals surface area contributed by atoms with Gasteiger partial charge in [0, 0.05) is 41.1 Å². The number of ketones is 1. The van der Waals surface area contributed by atoms with Crippen LogP contribution in [-0.4, -0.2) is 49.7 Å². The molecule has 0 saturated carbocycles. The molecule has 162 valence electrons. The fraction of sp³-hybridized carbons (Fsp3) is 0.500. The summed E-state index contributed by atoms with van der Waals surface area (Å²) in [5.41, 5.74) is 2.81. The van der Waals surface area contributed by atoms with Crippen LogP contribution >= 0.6 is 0 Å². The van der Waals surface area contributed by atoms with Crippen molar-refractivity contribution in [3.63, 3.8) is 0 Å². The number of aromatic nitrogens is 4. The third-order valence-corrected chi connectivity index (χ3v) is 7.69. The minimum Gasteiger partial charge on any atom is -0.339 e. The number of likely N-dealkylation sites (tertiary alicyclic amines) is 1. The van der Waals surface area contributed by atoms with E-state index in [0.717, 1.165) is 41.4 Å². The number of piperidine rings is 1. The van der Waals surface area contributed by atoms with E-state index in [0.29, 0.717) is 18.7 Å². The van der Waals surface area contributed by atoms with E-state index < -0.39 is 5.41 Å². The maximum Gasteiger partial charge on any atom is 0.253 e. The number of carbonyl (C=O) groups excluding carboxylic acids is 2. The summed E-state index contributed by atoms with van der Waals surface area (Å²) in [6, 6.07) is 5.81. The van der Waals surface area contributed by atoms with Crippen LogP contribution < -0.4 is 0 Å². The molecule has 1 aromatic carbocycles. The van der Waals surface area contributed by atoms with E-state index in [1.807, 2.05) is 34.0 Å². The molecule has 0 unspecified atom stereocenters. The van der Waals surface area contributed by atoms with Crippen LogP contribution in [0.15, 0.2) is 30.6 Å². The summed E-state index contributed by atoms with van der Waals surface area (Å²) in [5, 5.41) is 12.4. The number of benzene rings is 1. The highest BCUT2D eigenvalue weighted by Gasteiger charge is 2.55. The second kappa shape index (κ2) is 6.77. The molecule has 3 heterocycles. The number of nitrogens with one attached hydrogen (secondary N) is 1. The maximum atomic E-state index is 13.6. The number of hydrogen-bond acceptors (Lipinski definition) is 4. The molecule has 0 atom stereocenters. The fourth-order valence-electron chi connectivity index (χ4n) is 5.49. The lowest BCUT2D eigenvalue weighted by atomic mass is 9.53. The maximum absolute atomic E-state index is 13.6. The highest BCUT2D eigenvalue weighted by Crippen LogP contribution is 2.54. The minimum atomic E-state index is -0.489. The summed E-state index contributed by atoms with van der Waals surface area (Å²) in [7, 11) is 0. The topological polar surface area (TPSA) is 83.9 Å². The first-order valence-corrected chi connectivity index (χ1v) is 11.1. The number of fused-ring (bicyclic) bond motifs is 2. The van der Waals surface area contributed by atoms with Crippen LogP contribution in [0, 0.1) is 10.8 Å². The van der Waals surface area contributed by atoms with Gasteiger partial charge < -0.3 is 4.90 Å². The molecule has 0 radical (unpaired) electrons. The smallest absolute Gasteiger partial charge is 0.253 e. The fourth-order valence-corrected chi connectivity index (χ4v) is 5.49. The van der Waals surface area contributed by atoms with Crippen molar-refractivity contribution in [2.45, 2.75) is 53.0 Å². The van der Waals surface area contributed by atoms with Crippen molar-refractivity contribution < 1.29 is 9.59 Å². The Kier molecular flexibility index (Phi) is 4.36. The lowest BCUT2D eigenvalue weighted by Gasteiger charge is -2.53. The van der Waals surface area contributed by atoms with Crippen LogP contribution in [0.4, 0.5) is 0 Å². The highest BCUT2D eigenvalue weighted by molar-refractivity contribution is 6.02. The Balaban J connectivity index is 1.39. The van der Waals surface area contributed by atoms with E-state index >= 15 is 0 Å². The Labute approximate surface area is 181 Å². The molecular weight excluding hydrogens is 390 g/mol. The van der Waals surface area contributed by atoms with Gasteiger partial charge in [0.1, 0.15) is 5.69 Å². The molecule has 1 fully saturated rings. The van der Waals surface area contributed by atoms with Gasteiger partial charge in [-0.1, -0.05) is 13.8 Å². The Bertz CT molecular complexity index is 1180. The largest absolute Gasteiger partial charge is 0.339 e. The zero-order chi connectivity index (χ0) is 22.0. The van der Waals surface area contributed by atoms with Crippen molar-refractivity contribution in [1.82, 2.24) is 24.9 Å². The number of Topliss-reactive ketones (excluding diaryl/α,β-unsaturated/α-hetero) is 1. The Morgan fingerprint density at radius 1 is 1.16 bits per heavy atom. The summed E-state index contributed by atoms with van der Waals surface area (Å²) in [6.07, 6.45) is 6.09. The molecule has 31 heavy (non-hydrogen) atoms. The average molecular weight is 420 g/mol. The first kappa shape index (κ1) is 20.0. The highest BCUT2D eigenvalue weighted by atomic mass is 16.2. The molecule has 5 rings (SSSR count). The molecule has 3 aromatic rings. The van der Waals surface area contributed by atoms with Crippen molar-refractivity contribution in [1.29, 1.82) is 0 Å². The van der Waals surface area contributed by atoms with Gasteiger partial charge in [0.25, 0.3) is 5.91 Å².